The number of amides is 2. The molecule has 3 aliphatic rings. The third kappa shape index (κ3) is 6.17. The Balaban J connectivity index is 1.48. The molecule has 3 saturated carbocycles. The van der Waals surface area contributed by atoms with Gasteiger partial charge in [-0.2, -0.15) is 0 Å². The van der Waals surface area contributed by atoms with Crippen molar-refractivity contribution < 1.29 is 33.4 Å². The average Bonchev–Trinajstić information content (AvgIpc) is 3.51. The predicted molar refractivity (Wildman–Crippen MR) is 144 cm³/mol. The molecule has 1 aromatic rings. The normalized spacial score (nSPS) is 30.1. The van der Waals surface area contributed by atoms with Crippen LogP contribution in [0.2, 0.25) is 0 Å². The maximum atomic E-state index is 14.9. The first-order valence-electron chi connectivity index (χ1n) is 14.2. The van der Waals surface area contributed by atoms with E-state index < -0.39 is 23.1 Å². The second-order valence-corrected chi connectivity index (χ2v) is 12.8. The maximum Gasteiger partial charge on any atom is 0.309 e. The zero-order valence-corrected chi connectivity index (χ0v) is 23.8. The quantitative estimate of drug-likeness (QED) is 0.383. The van der Waals surface area contributed by atoms with Gasteiger partial charge in [0.15, 0.2) is 11.6 Å². The first kappa shape index (κ1) is 29.2. The second kappa shape index (κ2) is 11.3. The molecule has 8 nitrogen and oxygen atoms in total. The number of carboxylic acid groups (broad SMARTS) is 1. The Labute approximate surface area is 230 Å². The Morgan fingerprint density at radius 1 is 1.10 bits per heavy atom. The fourth-order valence-electron chi connectivity index (χ4n) is 6.39. The van der Waals surface area contributed by atoms with Crippen LogP contribution in [0.5, 0.6) is 11.5 Å². The number of ether oxygens (including phenoxy) is 2. The van der Waals surface area contributed by atoms with Crippen molar-refractivity contribution in [2.45, 2.75) is 91.2 Å². The third-order valence-electron chi connectivity index (χ3n) is 9.56. The minimum absolute atomic E-state index is 0.00547. The van der Waals surface area contributed by atoms with Crippen LogP contribution in [0.4, 0.5) is 4.39 Å². The summed E-state index contributed by atoms with van der Waals surface area (Å²) < 4.78 is 26.2. The van der Waals surface area contributed by atoms with Crippen molar-refractivity contribution in [3.8, 4) is 11.5 Å². The third-order valence-corrected chi connectivity index (χ3v) is 9.56. The Bertz CT molecular complexity index is 1100. The van der Waals surface area contributed by atoms with E-state index in [1.54, 1.807) is 6.92 Å². The zero-order chi connectivity index (χ0) is 28.5. The molecular weight excluding hydrogens is 503 g/mol. The van der Waals surface area contributed by atoms with Gasteiger partial charge >= 0.3 is 5.97 Å². The summed E-state index contributed by atoms with van der Waals surface area (Å²) in [6.45, 7) is 8.63. The molecule has 0 spiro atoms. The van der Waals surface area contributed by atoms with Crippen molar-refractivity contribution in [3.63, 3.8) is 0 Å². The Kier molecular flexibility index (Phi) is 8.47. The molecule has 216 valence electrons. The van der Waals surface area contributed by atoms with Crippen LogP contribution >= 0.6 is 0 Å². The van der Waals surface area contributed by atoms with E-state index in [2.05, 4.69) is 31.4 Å². The van der Waals surface area contributed by atoms with Crippen molar-refractivity contribution in [1.82, 2.24) is 10.6 Å². The Morgan fingerprint density at radius 3 is 2.38 bits per heavy atom. The highest BCUT2D eigenvalue weighted by Gasteiger charge is 2.51. The van der Waals surface area contributed by atoms with Gasteiger partial charge < -0.3 is 25.2 Å². The lowest BCUT2D eigenvalue weighted by Crippen LogP contribution is -2.50. The summed E-state index contributed by atoms with van der Waals surface area (Å²) in [4.78, 5) is 38.4. The van der Waals surface area contributed by atoms with Crippen molar-refractivity contribution in [3.05, 3.63) is 23.5 Å². The Morgan fingerprint density at radius 2 is 1.77 bits per heavy atom. The molecule has 9 heteroatoms. The number of rotatable bonds is 10. The van der Waals surface area contributed by atoms with E-state index in [0.29, 0.717) is 32.2 Å². The highest BCUT2D eigenvalue weighted by molar-refractivity contribution is 5.98. The lowest BCUT2D eigenvalue weighted by atomic mass is 9.75. The van der Waals surface area contributed by atoms with Gasteiger partial charge in [0, 0.05) is 18.7 Å². The monoisotopic (exact) mass is 546 g/mol. The van der Waals surface area contributed by atoms with E-state index in [4.69, 9.17) is 9.47 Å². The number of benzene rings is 1. The molecule has 2 bridgehead atoms. The molecule has 2 amide bonds. The highest BCUT2D eigenvalue weighted by Crippen LogP contribution is 2.49. The SMILES string of the molecule is CCC(C)(C)CNC(=O)C1C2CCC(C2)C1NC(=O)c1cc(OC2CCC(C)(C(=O)O)CC2)c(F)cc1OC. The molecule has 0 aromatic heterocycles. The average molecular weight is 547 g/mol. The van der Waals surface area contributed by atoms with Crippen LogP contribution in [-0.2, 0) is 9.59 Å². The van der Waals surface area contributed by atoms with Gasteiger partial charge in [-0.15, -0.1) is 0 Å². The molecule has 39 heavy (non-hydrogen) atoms. The van der Waals surface area contributed by atoms with Crippen LogP contribution in [-0.4, -0.2) is 48.7 Å². The van der Waals surface area contributed by atoms with Crippen molar-refractivity contribution >= 4 is 17.8 Å². The van der Waals surface area contributed by atoms with Crippen molar-refractivity contribution in [1.29, 1.82) is 0 Å². The first-order valence-corrected chi connectivity index (χ1v) is 14.2. The number of methoxy groups -OCH3 is 1. The molecule has 3 aliphatic carbocycles. The number of halogens is 1. The van der Waals surface area contributed by atoms with Gasteiger partial charge in [0.2, 0.25) is 5.91 Å². The number of hydrogen-bond donors (Lipinski definition) is 3. The number of nitrogens with one attached hydrogen (secondary N) is 2. The number of fused-ring (bicyclic) bond motifs is 2. The minimum atomic E-state index is -0.836. The topological polar surface area (TPSA) is 114 Å². The molecule has 3 fully saturated rings. The van der Waals surface area contributed by atoms with E-state index >= 15 is 0 Å². The molecule has 3 N–H and O–H groups in total. The molecule has 4 unspecified atom stereocenters. The van der Waals surface area contributed by atoms with Crippen LogP contribution in [0.15, 0.2) is 12.1 Å². The molecule has 4 rings (SSSR count). The summed E-state index contributed by atoms with van der Waals surface area (Å²) in [5.74, 6) is -1.74. The molecule has 0 aliphatic heterocycles. The van der Waals surface area contributed by atoms with E-state index in [9.17, 15) is 23.9 Å². The number of hydrogen-bond acceptors (Lipinski definition) is 5. The number of carbonyl (C=O) groups excluding carboxylic acids is 2. The van der Waals surface area contributed by atoms with Crippen LogP contribution in [0, 0.1) is 34.4 Å². The summed E-state index contributed by atoms with van der Waals surface area (Å²) in [6.07, 6.45) is 5.27. The molecule has 1 aromatic carbocycles. The fourth-order valence-corrected chi connectivity index (χ4v) is 6.39. The van der Waals surface area contributed by atoms with E-state index in [0.717, 1.165) is 31.7 Å². The van der Waals surface area contributed by atoms with Crippen LogP contribution in [0.3, 0.4) is 0 Å². The number of aliphatic carboxylic acids is 1. The van der Waals surface area contributed by atoms with Crippen molar-refractivity contribution in [2.75, 3.05) is 13.7 Å². The van der Waals surface area contributed by atoms with Gasteiger partial charge in [-0.1, -0.05) is 20.8 Å². The minimum Gasteiger partial charge on any atom is -0.496 e. The molecule has 4 atom stereocenters. The summed E-state index contributed by atoms with van der Waals surface area (Å²) >= 11 is 0. The lowest BCUT2D eigenvalue weighted by molar-refractivity contribution is -0.150. The fraction of sp³-hybridized carbons (Fsp3) is 0.700. The van der Waals surface area contributed by atoms with E-state index in [1.165, 1.54) is 13.2 Å². The molecular formula is C30H43FN2O6. The second-order valence-electron chi connectivity index (χ2n) is 12.8. The van der Waals surface area contributed by atoms with E-state index in [1.807, 2.05) is 0 Å². The van der Waals surface area contributed by atoms with Crippen LogP contribution in [0.25, 0.3) is 0 Å². The summed E-state index contributed by atoms with van der Waals surface area (Å²) in [7, 11) is 1.38. The molecule has 0 heterocycles. The van der Waals surface area contributed by atoms with Gasteiger partial charge in [0.25, 0.3) is 5.91 Å². The van der Waals surface area contributed by atoms with Crippen LogP contribution in [0.1, 0.15) is 89.4 Å². The zero-order valence-electron chi connectivity index (χ0n) is 23.8. The molecule has 0 radical (unpaired) electrons. The van der Waals surface area contributed by atoms with E-state index in [-0.39, 0.29) is 58.3 Å². The standard InChI is InChI=1S/C30H43FN2O6/c1-6-29(2,3)16-32-27(35)24-17-7-8-18(13-17)25(24)33-26(34)20-14-23(21(31)15-22(20)38-5)39-19-9-11-30(4,12-10-19)28(36)37/h14-15,17-19,24-25H,6-13,16H2,1-5H3,(H,32,35)(H,33,34)(H,36,37). The predicted octanol–water partition coefficient (Wildman–Crippen LogP) is 4.94. The van der Waals surface area contributed by atoms with Crippen molar-refractivity contribution in [2.24, 2.45) is 28.6 Å². The smallest absolute Gasteiger partial charge is 0.309 e. The lowest BCUT2D eigenvalue weighted by Gasteiger charge is -2.34. The van der Waals surface area contributed by atoms with Gasteiger partial charge in [-0.05, 0) is 81.6 Å². The Hall–Kier alpha value is -2.84. The first-order chi connectivity index (χ1) is 18.4. The van der Waals surface area contributed by atoms with Gasteiger partial charge in [0.05, 0.1) is 30.1 Å². The van der Waals surface area contributed by atoms with Crippen LogP contribution < -0.4 is 20.1 Å². The molecule has 0 saturated heterocycles. The number of carbonyl (C=O) groups is 3. The van der Waals surface area contributed by atoms with Gasteiger partial charge in [-0.25, -0.2) is 4.39 Å². The maximum absolute atomic E-state index is 14.9. The summed E-state index contributed by atoms with van der Waals surface area (Å²) in [5.41, 5.74) is -0.665. The summed E-state index contributed by atoms with van der Waals surface area (Å²) in [6, 6.07) is 2.21. The largest absolute Gasteiger partial charge is 0.496 e. The summed E-state index contributed by atoms with van der Waals surface area (Å²) in [5, 5.41) is 15.7. The highest BCUT2D eigenvalue weighted by atomic mass is 19.1. The van der Waals surface area contributed by atoms with Gasteiger partial charge in [0.1, 0.15) is 5.75 Å². The number of carboxylic acids is 1. The van der Waals surface area contributed by atoms with Gasteiger partial charge in [-0.3, -0.25) is 14.4 Å².